The zero-order chi connectivity index (χ0) is 13.2. The Morgan fingerprint density at radius 2 is 2.17 bits per heavy atom. The van der Waals surface area contributed by atoms with E-state index in [1.807, 2.05) is 13.1 Å². The molecule has 0 aromatic heterocycles. The van der Waals surface area contributed by atoms with E-state index in [0.717, 1.165) is 25.2 Å². The highest BCUT2D eigenvalue weighted by molar-refractivity contribution is 5.31. The quantitative estimate of drug-likeness (QED) is 0.882. The van der Waals surface area contributed by atoms with Crippen molar-refractivity contribution in [2.75, 3.05) is 26.7 Å². The van der Waals surface area contributed by atoms with Gasteiger partial charge in [-0.15, -0.1) is 13.2 Å². The van der Waals surface area contributed by atoms with E-state index in [9.17, 15) is 13.2 Å². The molecule has 0 bridgehead atoms. The summed E-state index contributed by atoms with van der Waals surface area (Å²) in [6.07, 6.45) is -4.64. The minimum Gasteiger partial charge on any atom is -0.406 e. The van der Waals surface area contributed by atoms with E-state index in [2.05, 4.69) is 15.0 Å². The first-order valence-electron chi connectivity index (χ1n) is 5.72. The fraction of sp³-hybridized carbons (Fsp3) is 0.500. The van der Waals surface area contributed by atoms with Gasteiger partial charge in [-0.05, 0) is 24.7 Å². The maximum absolute atomic E-state index is 12.1. The Hall–Kier alpha value is -1.27. The molecule has 1 aliphatic heterocycles. The van der Waals surface area contributed by atoms with Crippen LogP contribution in [-0.2, 0) is 0 Å². The zero-order valence-corrected chi connectivity index (χ0v) is 10.00. The van der Waals surface area contributed by atoms with Gasteiger partial charge in [0.2, 0.25) is 0 Å². The molecule has 18 heavy (non-hydrogen) atoms. The molecule has 1 aromatic carbocycles. The Bertz CT molecular complexity index is 409. The highest BCUT2D eigenvalue weighted by Crippen LogP contribution is 2.27. The summed E-state index contributed by atoms with van der Waals surface area (Å²) in [6.45, 7) is 2.49. The number of hydrogen-bond acceptors (Lipinski definition) is 3. The van der Waals surface area contributed by atoms with Crippen LogP contribution in [0.5, 0.6) is 5.75 Å². The number of rotatable bonds is 2. The summed E-state index contributed by atoms with van der Waals surface area (Å²) in [5.41, 5.74) is 0.825. The highest BCUT2D eigenvalue weighted by Gasteiger charge is 2.31. The normalized spacial score (nSPS) is 21.9. The number of benzene rings is 1. The molecule has 1 atom stereocenters. The van der Waals surface area contributed by atoms with Crippen LogP contribution >= 0.6 is 0 Å². The number of halogens is 3. The molecule has 100 valence electrons. The first-order chi connectivity index (χ1) is 8.46. The van der Waals surface area contributed by atoms with Crippen LogP contribution in [0.15, 0.2) is 24.3 Å². The number of ether oxygens (including phenoxy) is 1. The van der Waals surface area contributed by atoms with Gasteiger partial charge in [0.25, 0.3) is 0 Å². The lowest BCUT2D eigenvalue weighted by molar-refractivity contribution is -0.274. The van der Waals surface area contributed by atoms with Crippen LogP contribution in [0.25, 0.3) is 0 Å². The third-order valence-corrected chi connectivity index (χ3v) is 2.99. The third kappa shape index (κ3) is 3.36. The summed E-state index contributed by atoms with van der Waals surface area (Å²) < 4.78 is 40.4. The molecule has 0 amide bonds. The molecule has 0 saturated carbocycles. The van der Waals surface area contributed by atoms with Gasteiger partial charge in [-0.25, -0.2) is 0 Å². The lowest BCUT2D eigenvalue weighted by atomic mass is 10.0. The van der Waals surface area contributed by atoms with Crippen LogP contribution in [0.1, 0.15) is 11.6 Å². The van der Waals surface area contributed by atoms with Crippen molar-refractivity contribution in [1.29, 1.82) is 0 Å². The summed E-state index contributed by atoms with van der Waals surface area (Å²) in [4.78, 5) is 2.11. The Kier molecular flexibility index (Phi) is 3.77. The van der Waals surface area contributed by atoms with E-state index in [0.29, 0.717) is 0 Å². The van der Waals surface area contributed by atoms with Crippen molar-refractivity contribution in [3.05, 3.63) is 29.8 Å². The monoisotopic (exact) mass is 260 g/mol. The van der Waals surface area contributed by atoms with Crippen molar-refractivity contribution in [3.8, 4) is 5.75 Å². The van der Waals surface area contributed by atoms with Crippen molar-refractivity contribution >= 4 is 0 Å². The van der Waals surface area contributed by atoms with Gasteiger partial charge >= 0.3 is 6.36 Å². The first-order valence-corrected chi connectivity index (χ1v) is 5.72. The first kappa shape index (κ1) is 13.2. The van der Waals surface area contributed by atoms with E-state index in [1.54, 1.807) is 6.07 Å². The highest BCUT2D eigenvalue weighted by atomic mass is 19.4. The van der Waals surface area contributed by atoms with E-state index in [-0.39, 0.29) is 11.8 Å². The zero-order valence-electron chi connectivity index (χ0n) is 10.00. The second-order valence-electron chi connectivity index (χ2n) is 4.32. The SMILES string of the molecule is CN1CCNCC1c1cccc(OC(F)(F)F)c1. The van der Waals surface area contributed by atoms with Crippen molar-refractivity contribution in [1.82, 2.24) is 10.2 Å². The maximum Gasteiger partial charge on any atom is 0.573 e. The van der Waals surface area contributed by atoms with Gasteiger partial charge in [-0.2, -0.15) is 0 Å². The van der Waals surface area contributed by atoms with E-state index in [4.69, 9.17) is 0 Å². The largest absolute Gasteiger partial charge is 0.573 e. The molecular weight excluding hydrogens is 245 g/mol. The van der Waals surface area contributed by atoms with Gasteiger partial charge < -0.3 is 10.1 Å². The van der Waals surface area contributed by atoms with Gasteiger partial charge in [0, 0.05) is 25.7 Å². The lowest BCUT2D eigenvalue weighted by Gasteiger charge is -2.33. The van der Waals surface area contributed by atoms with Crippen LogP contribution in [0.4, 0.5) is 13.2 Å². The van der Waals surface area contributed by atoms with Crippen LogP contribution in [0.3, 0.4) is 0 Å². The fourth-order valence-electron chi connectivity index (χ4n) is 2.10. The number of alkyl halides is 3. The van der Waals surface area contributed by atoms with E-state index in [1.165, 1.54) is 12.1 Å². The summed E-state index contributed by atoms with van der Waals surface area (Å²) in [5.74, 6) is -0.168. The van der Waals surface area contributed by atoms with Gasteiger partial charge in [-0.3, -0.25) is 4.90 Å². The Labute approximate surface area is 104 Å². The molecule has 0 spiro atoms. The molecule has 1 aliphatic rings. The molecule has 1 heterocycles. The number of nitrogens with zero attached hydrogens (tertiary/aromatic N) is 1. The Morgan fingerprint density at radius 3 is 2.83 bits per heavy atom. The van der Waals surface area contributed by atoms with Crippen molar-refractivity contribution in [2.24, 2.45) is 0 Å². The minimum atomic E-state index is -4.64. The molecule has 2 rings (SSSR count). The maximum atomic E-state index is 12.1. The molecule has 3 nitrogen and oxygen atoms in total. The van der Waals surface area contributed by atoms with Crippen molar-refractivity contribution in [2.45, 2.75) is 12.4 Å². The Balaban J connectivity index is 2.16. The van der Waals surface area contributed by atoms with Gasteiger partial charge in [-0.1, -0.05) is 12.1 Å². The van der Waals surface area contributed by atoms with Gasteiger partial charge in [0.05, 0.1) is 0 Å². The van der Waals surface area contributed by atoms with Gasteiger partial charge in [0.15, 0.2) is 0 Å². The average Bonchev–Trinajstić information content (AvgIpc) is 2.27. The predicted molar refractivity (Wildman–Crippen MR) is 61.4 cm³/mol. The minimum absolute atomic E-state index is 0.0792. The molecule has 0 aliphatic carbocycles. The van der Waals surface area contributed by atoms with Crippen LogP contribution in [-0.4, -0.2) is 37.9 Å². The summed E-state index contributed by atoms with van der Waals surface area (Å²) in [7, 11) is 1.96. The van der Waals surface area contributed by atoms with Crippen LogP contribution < -0.4 is 10.1 Å². The summed E-state index contributed by atoms with van der Waals surface area (Å²) >= 11 is 0. The summed E-state index contributed by atoms with van der Waals surface area (Å²) in [6, 6.07) is 6.24. The Morgan fingerprint density at radius 1 is 1.39 bits per heavy atom. The molecule has 6 heteroatoms. The summed E-state index contributed by atoms with van der Waals surface area (Å²) in [5, 5.41) is 3.23. The molecule has 1 aromatic rings. The van der Waals surface area contributed by atoms with Crippen LogP contribution in [0, 0.1) is 0 Å². The average molecular weight is 260 g/mol. The third-order valence-electron chi connectivity index (χ3n) is 2.99. The molecule has 1 saturated heterocycles. The standard InChI is InChI=1S/C12H15F3N2O/c1-17-6-5-16-8-11(17)9-3-2-4-10(7-9)18-12(13,14)15/h2-4,7,11,16H,5-6,8H2,1H3. The van der Waals surface area contributed by atoms with E-state index < -0.39 is 6.36 Å². The molecule has 1 N–H and O–H groups in total. The molecular formula is C12H15F3N2O. The lowest BCUT2D eigenvalue weighted by Crippen LogP contribution is -2.43. The van der Waals surface area contributed by atoms with Crippen LogP contribution in [0.2, 0.25) is 0 Å². The predicted octanol–water partition coefficient (Wildman–Crippen LogP) is 2.16. The second kappa shape index (κ2) is 5.16. The molecule has 1 unspecified atom stereocenters. The molecule has 0 radical (unpaired) electrons. The molecule has 1 fully saturated rings. The van der Waals surface area contributed by atoms with Gasteiger partial charge in [0.1, 0.15) is 5.75 Å². The second-order valence-corrected chi connectivity index (χ2v) is 4.32. The van der Waals surface area contributed by atoms with Crippen molar-refractivity contribution < 1.29 is 17.9 Å². The smallest absolute Gasteiger partial charge is 0.406 e. The topological polar surface area (TPSA) is 24.5 Å². The fourth-order valence-corrected chi connectivity index (χ4v) is 2.10. The number of nitrogens with one attached hydrogen (secondary N) is 1. The van der Waals surface area contributed by atoms with E-state index >= 15 is 0 Å². The number of piperazine rings is 1. The van der Waals surface area contributed by atoms with Crippen molar-refractivity contribution in [3.63, 3.8) is 0 Å². The number of likely N-dealkylation sites (N-methyl/N-ethyl adjacent to an activating group) is 1. The number of hydrogen-bond donors (Lipinski definition) is 1.